The van der Waals surface area contributed by atoms with E-state index in [2.05, 4.69) is 11.8 Å². The van der Waals surface area contributed by atoms with Crippen LogP contribution in [-0.2, 0) is 6.42 Å². The molecule has 21 heavy (non-hydrogen) atoms. The number of hydrogen-bond acceptors (Lipinski definition) is 2. The number of hydrogen-bond donors (Lipinski definition) is 1. The molecule has 3 heteroatoms. The summed E-state index contributed by atoms with van der Waals surface area (Å²) < 4.78 is 14.4. The topological polar surface area (TPSA) is 29.3 Å². The van der Waals surface area contributed by atoms with Crippen molar-refractivity contribution in [2.24, 2.45) is 5.73 Å². The fourth-order valence-corrected chi connectivity index (χ4v) is 3.25. The standard InChI is InChI=1S/C18H29FN2/c1-3-15(20)12-14-10-11-18(17(19)13-14)21(2)16-8-6-4-5-7-9-16/h10-11,13,15-16H,3-9,12,20H2,1-2H3. The van der Waals surface area contributed by atoms with Gasteiger partial charge in [0.2, 0.25) is 0 Å². The first-order valence-corrected chi connectivity index (χ1v) is 8.38. The quantitative estimate of drug-likeness (QED) is 0.821. The molecule has 2 N–H and O–H groups in total. The minimum absolute atomic E-state index is 0.109. The predicted molar refractivity (Wildman–Crippen MR) is 88.3 cm³/mol. The number of benzene rings is 1. The molecule has 1 aliphatic rings. The second kappa shape index (κ2) is 7.79. The van der Waals surface area contributed by atoms with Crippen LogP contribution in [0.1, 0.15) is 57.4 Å². The first kappa shape index (κ1) is 16.3. The van der Waals surface area contributed by atoms with Gasteiger partial charge in [0.05, 0.1) is 5.69 Å². The van der Waals surface area contributed by atoms with Crippen LogP contribution in [0.4, 0.5) is 10.1 Å². The van der Waals surface area contributed by atoms with Crippen LogP contribution in [0.15, 0.2) is 18.2 Å². The van der Waals surface area contributed by atoms with Crippen LogP contribution in [0, 0.1) is 5.82 Å². The summed E-state index contributed by atoms with van der Waals surface area (Å²) in [4.78, 5) is 2.14. The summed E-state index contributed by atoms with van der Waals surface area (Å²) in [5.74, 6) is -0.109. The molecule has 118 valence electrons. The SMILES string of the molecule is CCC(N)Cc1ccc(N(C)C2CCCCCC2)c(F)c1. The van der Waals surface area contributed by atoms with Gasteiger partial charge in [-0.1, -0.05) is 38.7 Å². The van der Waals surface area contributed by atoms with Crippen molar-refractivity contribution in [1.29, 1.82) is 0 Å². The first-order chi connectivity index (χ1) is 10.1. The molecule has 0 amide bonds. The Morgan fingerprint density at radius 1 is 1.24 bits per heavy atom. The molecule has 1 saturated carbocycles. The smallest absolute Gasteiger partial charge is 0.146 e. The van der Waals surface area contributed by atoms with Crippen molar-refractivity contribution in [3.8, 4) is 0 Å². The van der Waals surface area contributed by atoms with E-state index in [4.69, 9.17) is 5.73 Å². The molecule has 2 rings (SSSR count). The van der Waals surface area contributed by atoms with Crippen LogP contribution >= 0.6 is 0 Å². The summed E-state index contributed by atoms with van der Waals surface area (Å²) in [6.07, 6.45) is 9.20. The summed E-state index contributed by atoms with van der Waals surface area (Å²) in [5.41, 5.74) is 7.69. The second-order valence-corrected chi connectivity index (χ2v) is 6.41. The number of rotatable bonds is 5. The Bertz CT molecular complexity index is 439. The summed E-state index contributed by atoms with van der Waals surface area (Å²) >= 11 is 0. The number of anilines is 1. The predicted octanol–water partition coefficient (Wildman–Crippen LogP) is 4.26. The van der Waals surface area contributed by atoms with Gasteiger partial charge in [0.1, 0.15) is 5.82 Å². The van der Waals surface area contributed by atoms with Crippen LogP contribution in [0.2, 0.25) is 0 Å². The maximum Gasteiger partial charge on any atom is 0.146 e. The molecule has 1 aromatic rings. The summed E-state index contributed by atoms with van der Waals surface area (Å²) in [6.45, 7) is 2.06. The normalized spacial score (nSPS) is 18.3. The lowest BCUT2D eigenvalue weighted by atomic mass is 10.0. The van der Waals surface area contributed by atoms with Crippen molar-refractivity contribution in [1.82, 2.24) is 0 Å². The van der Waals surface area contributed by atoms with Gasteiger partial charge in [0.25, 0.3) is 0 Å². The van der Waals surface area contributed by atoms with Crippen molar-refractivity contribution >= 4 is 5.69 Å². The number of halogens is 1. The lowest BCUT2D eigenvalue weighted by Crippen LogP contribution is -2.31. The van der Waals surface area contributed by atoms with Crippen molar-refractivity contribution in [2.45, 2.75) is 70.4 Å². The van der Waals surface area contributed by atoms with Gasteiger partial charge in [-0.05, 0) is 43.4 Å². The molecular weight excluding hydrogens is 263 g/mol. The molecule has 1 fully saturated rings. The van der Waals surface area contributed by atoms with E-state index in [1.807, 2.05) is 19.2 Å². The van der Waals surface area contributed by atoms with Crippen molar-refractivity contribution in [2.75, 3.05) is 11.9 Å². The lowest BCUT2D eigenvalue weighted by molar-refractivity contribution is 0.537. The molecule has 1 aliphatic carbocycles. The molecular formula is C18H29FN2. The average molecular weight is 292 g/mol. The van der Waals surface area contributed by atoms with Crippen molar-refractivity contribution < 1.29 is 4.39 Å². The van der Waals surface area contributed by atoms with Crippen molar-refractivity contribution in [3.63, 3.8) is 0 Å². The molecule has 0 heterocycles. The molecule has 1 unspecified atom stereocenters. The van der Waals surface area contributed by atoms with Crippen LogP contribution in [-0.4, -0.2) is 19.1 Å². The zero-order valence-corrected chi connectivity index (χ0v) is 13.4. The largest absolute Gasteiger partial charge is 0.369 e. The highest BCUT2D eigenvalue weighted by Gasteiger charge is 2.19. The maximum atomic E-state index is 14.4. The van der Waals surface area contributed by atoms with E-state index in [-0.39, 0.29) is 11.9 Å². The first-order valence-electron chi connectivity index (χ1n) is 8.38. The minimum Gasteiger partial charge on any atom is -0.369 e. The van der Waals surface area contributed by atoms with E-state index >= 15 is 0 Å². The van der Waals surface area contributed by atoms with E-state index in [0.29, 0.717) is 6.04 Å². The maximum absolute atomic E-state index is 14.4. The highest BCUT2D eigenvalue weighted by molar-refractivity contribution is 5.49. The highest BCUT2D eigenvalue weighted by atomic mass is 19.1. The molecule has 1 atom stereocenters. The summed E-state index contributed by atoms with van der Waals surface area (Å²) in [7, 11) is 2.03. The molecule has 0 saturated heterocycles. The van der Waals surface area contributed by atoms with Crippen LogP contribution in [0.5, 0.6) is 0 Å². The third-order valence-corrected chi connectivity index (χ3v) is 4.79. The van der Waals surface area contributed by atoms with Gasteiger partial charge >= 0.3 is 0 Å². The van der Waals surface area contributed by atoms with E-state index in [0.717, 1.165) is 24.1 Å². The Kier molecular flexibility index (Phi) is 6.04. The molecule has 2 nitrogen and oxygen atoms in total. The Labute approximate surface area is 128 Å². The summed E-state index contributed by atoms with van der Waals surface area (Å²) in [6, 6.07) is 6.22. The van der Waals surface area contributed by atoms with Gasteiger partial charge in [-0.2, -0.15) is 0 Å². The Hall–Kier alpha value is -1.09. The van der Waals surface area contributed by atoms with Gasteiger partial charge in [-0.25, -0.2) is 4.39 Å². The minimum atomic E-state index is -0.109. The number of nitrogens with two attached hydrogens (primary N) is 1. The average Bonchev–Trinajstić information content (AvgIpc) is 2.75. The van der Waals surface area contributed by atoms with Gasteiger partial charge < -0.3 is 10.6 Å². The van der Waals surface area contributed by atoms with Gasteiger partial charge in [0.15, 0.2) is 0 Å². The summed E-state index contributed by atoms with van der Waals surface area (Å²) in [5, 5.41) is 0. The van der Waals surface area contributed by atoms with E-state index in [1.165, 1.54) is 38.5 Å². The van der Waals surface area contributed by atoms with Crippen molar-refractivity contribution in [3.05, 3.63) is 29.6 Å². The van der Waals surface area contributed by atoms with Crippen LogP contribution in [0.3, 0.4) is 0 Å². The molecule has 0 spiro atoms. The van der Waals surface area contributed by atoms with Gasteiger partial charge in [0, 0.05) is 19.1 Å². The molecule has 0 aliphatic heterocycles. The fourth-order valence-electron chi connectivity index (χ4n) is 3.25. The Morgan fingerprint density at radius 3 is 2.48 bits per heavy atom. The van der Waals surface area contributed by atoms with Crippen LogP contribution < -0.4 is 10.6 Å². The second-order valence-electron chi connectivity index (χ2n) is 6.41. The monoisotopic (exact) mass is 292 g/mol. The number of nitrogens with zero attached hydrogens (tertiary/aromatic N) is 1. The zero-order chi connectivity index (χ0) is 15.2. The lowest BCUT2D eigenvalue weighted by Gasteiger charge is -2.29. The van der Waals surface area contributed by atoms with Gasteiger partial charge in [-0.3, -0.25) is 0 Å². The van der Waals surface area contributed by atoms with E-state index < -0.39 is 0 Å². The highest BCUT2D eigenvalue weighted by Crippen LogP contribution is 2.28. The third-order valence-electron chi connectivity index (χ3n) is 4.79. The molecule has 0 radical (unpaired) electrons. The fraction of sp³-hybridized carbons (Fsp3) is 0.667. The molecule has 1 aromatic carbocycles. The Morgan fingerprint density at radius 2 is 1.90 bits per heavy atom. The van der Waals surface area contributed by atoms with E-state index in [9.17, 15) is 4.39 Å². The molecule has 0 aromatic heterocycles. The molecule has 0 bridgehead atoms. The zero-order valence-electron chi connectivity index (χ0n) is 13.4. The van der Waals surface area contributed by atoms with E-state index in [1.54, 1.807) is 6.07 Å². The third kappa shape index (κ3) is 4.44. The van der Waals surface area contributed by atoms with Crippen LogP contribution in [0.25, 0.3) is 0 Å². The Balaban J connectivity index is 2.08. The van der Waals surface area contributed by atoms with Gasteiger partial charge in [-0.15, -0.1) is 0 Å².